The summed E-state index contributed by atoms with van der Waals surface area (Å²) in [6, 6.07) is 9.20. The number of halogens is 2. The topological polar surface area (TPSA) is 134 Å². The first-order chi connectivity index (χ1) is 11.7. The Balaban J connectivity index is 2.18. The molecule has 0 saturated heterocycles. The summed E-state index contributed by atoms with van der Waals surface area (Å²) in [6.07, 6.45) is 0. The second-order valence-corrected chi connectivity index (χ2v) is 7.81. The van der Waals surface area contributed by atoms with E-state index in [9.17, 15) is 17.6 Å². The standard InChI is InChI=1S/C14H11FIN5O3S/c15-10-5-9(13-19-14(22)21-20-13)11(6-12(10)25(17,23)24)18-8-3-1-7(16)2-4-8/h1-6,18H,(H2,17,23,24)(H2,19,20,21,22). The first kappa shape index (κ1) is 17.6. The van der Waals surface area contributed by atoms with Crippen molar-refractivity contribution >= 4 is 44.0 Å². The average Bonchev–Trinajstić information content (AvgIpc) is 2.96. The lowest BCUT2D eigenvalue weighted by Crippen LogP contribution is -2.15. The zero-order valence-corrected chi connectivity index (χ0v) is 15.4. The van der Waals surface area contributed by atoms with Crippen LogP contribution in [0.5, 0.6) is 0 Å². The molecule has 0 unspecified atom stereocenters. The summed E-state index contributed by atoms with van der Waals surface area (Å²) in [5.41, 5.74) is 0.439. The van der Waals surface area contributed by atoms with Crippen molar-refractivity contribution in [2.75, 3.05) is 5.32 Å². The van der Waals surface area contributed by atoms with Crippen molar-refractivity contribution in [1.29, 1.82) is 0 Å². The van der Waals surface area contributed by atoms with E-state index in [-0.39, 0.29) is 17.1 Å². The SMILES string of the molecule is NS(=O)(=O)c1cc(Nc2ccc(I)cc2)c(-c2n[nH]c(=O)[nH]2)cc1F. The number of benzene rings is 2. The minimum atomic E-state index is -4.27. The van der Waals surface area contributed by atoms with Crippen LogP contribution in [0.3, 0.4) is 0 Å². The summed E-state index contributed by atoms with van der Waals surface area (Å²) in [5.74, 6) is -0.993. The van der Waals surface area contributed by atoms with E-state index >= 15 is 0 Å². The smallest absolute Gasteiger partial charge is 0.340 e. The third-order valence-electron chi connectivity index (χ3n) is 3.26. The van der Waals surface area contributed by atoms with Gasteiger partial charge in [-0.1, -0.05) is 0 Å². The van der Waals surface area contributed by atoms with Crippen LogP contribution in [-0.4, -0.2) is 23.6 Å². The van der Waals surface area contributed by atoms with Gasteiger partial charge in [0.25, 0.3) is 0 Å². The number of nitrogens with two attached hydrogens (primary N) is 1. The molecule has 0 atom stereocenters. The number of H-pyrrole nitrogens is 2. The quantitative estimate of drug-likeness (QED) is 0.428. The van der Waals surface area contributed by atoms with E-state index in [1.54, 1.807) is 12.1 Å². The monoisotopic (exact) mass is 475 g/mol. The molecule has 0 saturated carbocycles. The third-order valence-corrected chi connectivity index (χ3v) is 4.90. The second-order valence-electron chi connectivity index (χ2n) is 5.03. The Bertz CT molecular complexity index is 1090. The highest BCUT2D eigenvalue weighted by molar-refractivity contribution is 14.1. The van der Waals surface area contributed by atoms with Gasteiger partial charge in [-0.15, -0.1) is 0 Å². The lowest BCUT2D eigenvalue weighted by Gasteiger charge is -2.13. The molecule has 0 aliphatic rings. The largest absolute Gasteiger partial charge is 0.355 e. The second kappa shape index (κ2) is 6.57. The summed E-state index contributed by atoms with van der Waals surface area (Å²) in [6.45, 7) is 0. The molecule has 0 amide bonds. The molecule has 0 bridgehead atoms. The van der Waals surface area contributed by atoms with E-state index in [2.05, 4.69) is 43.1 Å². The Labute approximate surface area is 154 Å². The molecule has 0 spiro atoms. The Morgan fingerprint density at radius 3 is 2.44 bits per heavy atom. The van der Waals surface area contributed by atoms with Crippen LogP contribution in [-0.2, 0) is 10.0 Å². The lowest BCUT2D eigenvalue weighted by atomic mass is 10.1. The van der Waals surface area contributed by atoms with Gasteiger partial charge >= 0.3 is 5.69 Å². The van der Waals surface area contributed by atoms with Gasteiger partial charge in [-0.05, 0) is 59.0 Å². The van der Waals surface area contributed by atoms with E-state index in [1.165, 1.54) is 0 Å². The molecule has 1 aromatic heterocycles. The van der Waals surface area contributed by atoms with Gasteiger partial charge in [0.05, 0.1) is 5.69 Å². The molecule has 0 radical (unpaired) electrons. The van der Waals surface area contributed by atoms with Crippen molar-refractivity contribution in [3.63, 3.8) is 0 Å². The molecule has 1 heterocycles. The minimum absolute atomic E-state index is 0.0536. The van der Waals surface area contributed by atoms with Crippen LogP contribution in [0, 0.1) is 9.39 Å². The van der Waals surface area contributed by atoms with Gasteiger partial charge in [-0.3, -0.25) is 4.98 Å². The number of nitrogens with zero attached hydrogens (tertiary/aromatic N) is 1. The van der Waals surface area contributed by atoms with Crippen LogP contribution in [0.1, 0.15) is 0 Å². The van der Waals surface area contributed by atoms with E-state index in [0.717, 1.165) is 15.7 Å². The molecular weight excluding hydrogens is 464 g/mol. The van der Waals surface area contributed by atoms with Crippen LogP contribution >= 0.6 is 22.6 Å². The van der Waals surface area contributed by atoms with Crippen molar-refractivity contribution in [2.24, 2.45) is 5.14 Å². The molecule has 2 aromatic carbocycles. The number of sulfonamides is 1. The fraction of sp³-hybridized carbons (Fsp3) is 0. The molecule has 5 N–H and O–H groups in total. The first-order valence-electron chi connectivity index (χ1n) is 6.78. The molecule has 25 heavy (non-hydrogen) atoms. The maximum atomic E-state index is 14.2. The molecule has 8 nitrogen and oxygen atoms in total. The van der Waals surface area contributed by atoms with Gasteiger partial charge in [-0.25, -0.2) is 27.8 Å². The van der Waals surface area contributed by atoms with Gasteiger partial charge in [0.2, 0.25) is 10.0 Å². The summed E-state index contributed by atoms with van der Waals surface area (Å²) < 4.78 is 38.4. The number of primary sulfonamides is 1. The van der Waals surface area contributed by atoms with E-state index in [4.69, 9.17) is 5.14 Å². The van der Waals surface area contributed by atoms with Crippen LogP contribution in [0.25, 0.3) is 11.4 Å². The fourth-order valence-corrected chi connectivity index (χ4v) is 3.13. The average molecular weight is 475 g/mol. The molecule has 3 aromatic rings. The van der Waals surface area contributed by atoms with Crippen LogP contribution in [0.15, 0.2) is 46.1 Å². The fourth-order valence-electron chi connectivity index (χ4n) is 2.16. The normalized spacial score (nSPS) is 11.5. The Hall–Kier alpha value is -2.25. The predicted octanol–water partition coefficient (Wildman–Crippen LogP) is 1.90. The zero-order chi connectivity index (χ0) is 18.2. The highest BCUT2D eigenvalue weighted by Gasteiger charge is 2.20. The Kier molecular flexibility index (Phi) is 4.62. The molecule has 0 fully saturated rings. The summed E-state index contributed by atoms with van der Waals surface area (Å²) in [5, 5.41) is 14.0. The molecule has 0 aliphatic heterocycles. The summed E-state index contributed by atoms with van der Waals surface area (Å²) in [4.78, 5) is 13.0. The van der Waals surface area contributed by atoms with Crippen LogP contribution < -0.4 is 16.1 Å². The third kappa shape index (κ3) is 3.88. The van der Waals surface area contributed by atoms with Crippen LogP contribution in [0.4, 0.5) is 15.8 Å². The number of rotatable bonds is 4. The minimum Gasteiger partial charge on any atom is -0.355 e. The van der Waals surface area contributed by atoms with Crippen molar-refractivity contribution in [1.82, 2.24) is 15.2 Å². The van der Waals surface area contributed by atoms with Gasteiger partial charge in [-0.2, -0.15) is 5.10 Å². The zero-order valence-electron chi connectivity index (χ0n) is 12.4. The number of aromatic nitrogens is 3. The summed E-state index contributed by atoms with van der Waals surface area (Å²) >= 11 is 2.14. The highest BCUT2D eigenvalue weighted by Crippen LogP contribution is 2.32. The van der Waals surface area contributed by atoms with Crippen molar-refractivity contribution in [3.8, 4) is 11.4 Å². The number of nitrogens with one attached hydrogen (secondary N) is 3. The summed E-state index contributed by atoms with van der Waals surface area (Å²) in [7, 11) is -4.27. The van der Waals surface area contributed by atoms with Crippen LogP contribution in [0.2, 0.25) is 0 Å². The number of anilines is 2. The maximum absolute atomic E-state index is 14.2. The predicted molar refractivity (Wildman–Crippen MR) is 98.4 cm³/mol. The first-order valence-corrected chi connectivity index (χ1v) is 9.40. The number of aromatic amines is 2. The van der Waals surface area contributed by atoms with Crippen molar-refractivity contribution in [2.45, 2.75) is 4.90 Å². The van der Waals surface area contributed by atoms with Gasteiger partial charge in [0.15, 0.2) is 5.82 Å². The highest BCUT2D eigenvalue weighted by atomic mass is 127. The molecule has 11 heteroatoms. The number of hydrogen-bond acceptors (Lipinski definition) is 5. The number of hydrogen-bond donors (Lipinski definition) is 4. The van der Waals surface area contributed by atoms with Gasteiger partial charge in [0, 0.05) is 14.8 Å². The maximum Gasteiger partial charge on any atom is 0.340 e. The molecule has 0 aliphatic carbocycles. The van der Waals surface area contributed by atoms with Gasteiger partial charge < -0.3 is 5.32 Å². The van der Waals surface area contributed by atoms with Crippen molar-refractivity contribution in [3.05, 3.63) is 56.3 Å². The molecule has 130 valence electrons. The van der Waals surface area contributed by atoms with E-state index in [1.807, 2.05) is 12.1 Å². The molecular formula is C14H11FIN5O3S. The van der Waals surface area contributed by atoms with E-state index in [0.29, 0.717) is 5.69 Å². The lowest BCUT2D eigenvalue weighted by molar-refractivity contribution is 0.568. The molecule has 3 rings (SSSR count). The Morgan fingerprint density at radius 1 is 1.20 bits per heavy atom. The Morgan fingerprint density at radius 2 is 1.88 bits per heavy atom. The van der Waals surface area contributed by atoms with Crippen molar-refractivity contribution < 1.29 is 12.8 Å². The van der Waals surface area contributed by atoms with Gasteiger partial charge in [0.1, 0.15) is 10.7 Å². The van der Waals surface area contributed by atoms with E-state index < -0.39 is 26.4 Å².